The molecule has 1 aromatic heterocycles. The summed E-state index contributed by atoms with van der Waals surface area (Å²) >= 11 is 3.30. The topological polar surface area (TPSA) is 79.7 Å². The highest BCUT2D eigenvalue weighted by molar-refractivity contribution is 9.10. The number of amides is 1. The van der Waals surface area contributed by atoms with E-state index in [9.17, 15) is 14.7 Å². The molecule has 2 aromatic rings. The van der Waals surface area contributed by atoms with Gasteiger partial charge in [-0.15, -0.1) is 0 Å². The zero-order valence-corrected chi connectivity index (χ0v) is 15.1. The molecule has 0 bridgehead atoms. The molecule has 25 heavy (non-hydrogen) atoms. The summed E-state index contributed by atoms with van der Waals surface area (Å²) in [6.45, 7) is 1.33. The monoisotopic (exact) mass is 402 g/mol. The number of pyridine rings is 1. The molecule has 1 amide bonds. The van der Waals surface area contributed by atoms with Gasteiger partial charge in [0.2, 0.25) is 0 Å². The minimum absolute atomic E-state index is 0.0554. The molecule has 0 unspecified atom stereocenters. The lowest BCUT2D eigenvalue weighted by Gasteiger charge is -2.25. The van der Waals surface area contributed by atoms with Crippen LogP contribution in [0.2, 0.25) is 0 Å². The van der Waals surface area contributed by atoms with Crippen molar-refractivity contribution in [1.29, 1.82) is 0 Å². The quantitative estimate of drug-likeness (QED) is 0.847. The van der Waals surface area contributed by atoms with E-state index in [-0.39, 0.29) is 11.4 Å². The summed E-state index contributed by atoms with van der Waals surface area (Å²) < 4.78 is 5.90. The fourth-order valence-corrected chi connectivity index (χ4v) is 3.05. The predicted molar refractivity (Wildman–Crippen MR) is 95.5 cm³/mol. The van der Waals surface area contributed by atoms with E-state index in [1.54, 1.807) is 49.7 Å². The number of rotatable bonds is 4. The van der Waals surface area contributed by atoms with Gasteiger partial charge in [-0.25, -0.2) is 4.98 Å². The molecule has 0 radical (unpaired) electrons. The zero-order chi connectivity index (χ0) is 18.1. The van der Waals surface area contributed by atoms with Gasteiger partial charge in [0.05, 0.1) is 18.7 Å². The second-order valence-electron chi connectivity index (χ2n) is 5.50. The summed E-state index contributed by atoms with van der Waals surface area (Å²) in [5.74, 6) is -0.569. The number of hydrogen-bond acceptors (Lipinski definition) is 5. The standard InChI is InChI=1S/C18H15BrN2O4/c1-10(22)15-16(11-3-6-13(25-2)7-4-11)21(18(24)17(15)23)14-8-5-12(19)9-20-14/h3-9,16,23H,1-2H3/t16-/m0/s1. The molecule has 6 nitrogen and oxygen atoms in total. The lowest BCUT2D eigenvalue weighted by molar-refractivity contribution is -0.117. The summed E-state index contributed by atoms with van der Waals surface area (Å²) in [5.41, 5.74) is 0.730. The molecule has 1 atom stereocenters. The normalized spacial score (nSPS) is 17.2. The van der Waals surface area contributed by atoms with E-state index >= 15 is 0 Å². The minimum Gasteiger partial charge on any atom is -0.503 e. The third kappa shape index (κ3) is 3.02. The Labute approximate surface area is 152 Å². The van der Waals surface area contributed by atoms with Crippen LogP contribution in [0.15, 0.2) is 58.4 Å². The molecule has 0 saturated heterocycles. The molecular weight excluding hydrogens is 388 g/mol. The Morgan fingerprint density at radius 2 is 1.92 bits per heavy atom. The van der Waals surface area contributed by atoms with Crippen LogP contribution in [0.5, 0.6) is 5.75 Å². The van der Waals surface area contributed by atoms with Gasteiger partial charge in [0.1, 0.15) is 11.6 Å². The maximum absolute atomic E-state index is 12.6. The van der Waals surface area contributed by atoms with Crippen LogP contribution in [0.4, 0.5) is 5.82 Å². The molecule has 0 spiro atoms. The highest BCUT2D eigenvalue weighted by Crippen LogP contribution is 2.40. The number of halogens is 1. The average Bonchev–Trinajstić information content (AvgIpc) is 2.87. The molecule has 2 heterocycles. The van der Waals surface area contributed by atoms with E-state index in [0.717, 1.165) is 4.47 Å². The van der Waals surface area contributed by atoms with Crippen LogP contribution in [0.1, 0.15) is 18.5 Å². The molecule has 1 N–H and O–H groups in total. The fraction of sp³-hybridized carbons (Fsp3) is 0.167. The second kappa shape index (κ2) is 6.68. The predicted octanol–water partition coefficient (Wildman–Crippen LogP) is 3.34. The lowest BCUT2D eigenvalue weighted by atomic mass is 9.96. The first-order valence-corrected chi connectivity index (χ1v) is 8.26. The van der Waals surface area contributed by atoms with Crippen LogP contribution in [0, 0.1) is 0 Å². The minimum atomic E-state index is -0.746. The van der Waals surface area contributed by atoms with Gasteiger partial charge in [0.15, 0.2) is 11.5 Å². The van der Waals surface area contributed by atoms with E-state index in [1.165, 1.54) is 11.8 Å². The number of aromatic nitrogens is 1. The van der Waals surface area contributed by atoms with Gasteiger partial charge >= 0.3 is 0 Å². The summed E-state index contributed by atoms with van der Waals surface area (Å²) in [7, 11) is 1.55. The van der Waals surface area contributed by atoms with Crippen molar-refractivity contribution in [2.75, 3.05) is 12.0 Å². The number of ether oxygens (including phenoxy) is 1. The number of ketones is 1. The van der Waals surface area contributed by atoms with Crippen LogP contribution in [-0.4, -0.2) is 28.9 Å². The Kier molecular flexibility index (Phi) is 4.59. The number of nitrogens with zero attached hydrogens (tertiary/aromatic N) is 2. The Hall–Kier alpha value is -2.67. The molecule has 1 aliphatic rings. The highest BCUT2D eigenvalue weighted by atomic mass is 79.9. The number of benzene rings is 1. The summed E-state index contributed by atoms with van der Waals surface area (Å²) in [6, 6.07) is 9.62. The lowest BCUT2D eigenvalue weighted by Crippen LogP contribution is -2.31. The number of hydrogen-bond donors (Lipinski definition) is 1. The first-order chi connectivity index (χ1) is 11.9. The summed E-state index contributed by atoms with van der Waals surface area (Å²) in [5, 5.41) is 10.3. The van der Waals surface area contributed by atoms with Crippen molar-refractivity contribution in [3.8, 4) is 5.75 Å². The third-order valence-electron chi connectivity index (χ3n) is 3.98. The molecule has 7 heteroatoms. The molecule has 128 valence electrons. The molecule has 0 saturated carbocycles. The van der Waals surface area contributed by atoms with Crippen LogP contribution >= 0.6 is 15.9 Å². The molecule has 1 aromatic carbocycles. The number of aliphatic hydroxyl groups is 1. The molecule has 3 rings (SSSR count). The smallest absolute Gasteiger partial charge is 0.295 e. The van der Waals surface area contributed by atoms with Gasteiger partial charge in [-0.2, -0.15) is 0 Å². The third-order valence-corrected chi connectivity index (χ3v) is 4.45. The maximum Gasteiger partial charge on any atom is 0.295 e. The van der Waals surface area contributed by atoms with Gasteiger partial charge in [-0.05, 0) is 52.7 Å². The number of aliphatic hydroxyl groups excluding tert-OH is 1. The first-order valence-electron chi connectivity index (χ1n) is 7.47. The molecular formula is C18H15BrN2O4. The number of Topliss-reactive ketones (excluding diaryl/α,β-unsaturated/α-hetero) is 1. The summed E-state index contributed by atoms with van der Waals surface area (Å²) in [4.78, 5) is 30.2. The van der Waals surface area contributed by atoms with E-state index < -0.39 is 17.7 Å². The van der Waals surface area contributed by atoms with Crippen molar-refractivity contribution in [2.24, 2.45) is 0 Å². The number of anilines is 1. The molecule has 0 aliphatic carbocycles. The van der Waals surface area contributed by atoms with Crippen molar-refractivity contribution >= 4 is 33.4 Å². The van der Waals surface area contributed by atoms with Crippen LogP contribution in [0.3, 0.4) is 0 Å². The first kappa shape index (κ1) is 17.2. The average molecular weight is 403 g/mol. The van der Waals surface area contributed by atoms with Crippen molar-refractivity contribution in [3.63, 3.8) is 0 Å². The van der Waals surface area contributed by atoms with E-state index in [0.29, 0.717) is 17.1 Å². The van der Waals surface area contributed by atoms with E-state index in [4.69, 9.17) is 4.74 Å². The second-order valence-corrected chi connectivity index (χ2v) is 6.42. The van der Waals surface area contributed by atoms with Gasteiger partial charge in [0.25, 0.3) is 5.91 Å². The fourth-order valence-electron chi connectivity index (χ4n) is 2.81. The Balaban J connectivity index is 2.13. The van der Waals surface area contributed by atoms with Crippen LogP contribution < -0.4 is 9.64 Å². The molecule has 0 fully saturated rings. The van der Waals surface area contributed by atoms with Crippen LogP contribution in [0.25, 0.3) is 0 Å². The maximum atomic E-state index is 12.6. The number of methoxy groups -OCH3 is 1. The highest BCUT2D eigenvalue weighted by Gasteiger charge is 2.43. The van der Waals surface area contributed by atoms with Crippen LogP contribution in [-0.2, 0) is 9.59 Å². The number of carbonyl (C=O) groups is 2. The largest absolute Gasteiger partial charge is 0.503 e. The van der Waals surface area contributed by atoms with Crippen molar-refractivity contribution < 1.29 is 19.4 Å². The number of carbonyl (C=O) groups excluding carboxylic acids is 2. The SMILES string of the molecule is COc1ccc([C@H]2C(C(C)=O)=C(O)C(=O)N2c2ccc(Br)cn2)cc1. The Bertz CT molecular complexity index is 860. The Morgan fingerprint density at radius 3 is 2.44 bits per heavy atom. The summed E-state index contributed by atoms with van der Waals surface area (Å²) in [6.07, 6.45) is 1.55. The van der Waals surface area contributed by atoms with Gasteiger partial charge in [0, 0.05) is 10.7 Å². The van der Waals surface area contributed by atoms with E-state index in [1.807, 2.05) is 0 Å². The van der Waals surface area contributed by atoms with Gasteiger partial charge < -0.3 is 9.84 Å². The molecule has 1 aliphatic heterocycles. The van der Waals surface area contributed by atoms with E-state index in [2.05, 4.69) is 20.9 Å². The zero-order valence-electron chi connectivity index (χ0n) is 13.6. The van der Waals surface area contributed by atoms with Crippen molar-refractivity contribution in [1.82, 2.24) is 4.98 Å². The van der Waals surface area contributed by atoms with Crippen molar-refractivity contribution in [3.05, 3.63) is 64.0 Å². The van der Waals surface area contributed by atoms with Gasteiger partial charge in [-0.1, -0.05) is 12.1 Å². The van der Waals surface area contributed by atoms with Gasteiger partial charge in [-0.3, -0.25) is 14.5 Å². The van der Waals surface area contributed by atoms with Crippen molar-refractivity contribution in [2.45, 2.75) is 13.0 Å². The Morgan fingerprint density at radius 1 is 1.24 bits per heavy atom.